The molecule has 3 rings (SSSR count). The summed E-state index contributed by atoms with van der Waals surface area (Å²) in [7, 11) is 0. The van der Waals surface area contributed by atoms with Crippen molar-refractivity contribution in [3.8, 4) is 0 Å². The Morgan fingerprint density at radius 2 is 1.81 bits per heavy atom. The van der Waals surface area contributed by atoms with E-state index in [2.05, 4.69) is 10.2 Å². The molecule has 1 atom stereocenters. The van der Waals surface area contributed by atoms with E-state index in [-0.39, 0.29) is 30.1 Å². The highest BCUT2D eigenvalue weighted by molar-refractivity contribution is 6.42. The average Bonchev–Trinajstić information content (AvgIpc) is 2.75. The molecule has 1 aliphatic heterocycles. The fourth-order valence-corrected chi connectivity index (χ4v) is 3.86. The van der Waals surface area contributed by atoms with Gasteiger partial charge in [-0.3, -0.25) is 14.5 Å². The second-order valence-corrected chi connectivity index (χ2v) is 8.99. The van der Waals surface area contributed by atoms with Crippen molar-refractivity contribution in [1.82, 2.24) is 10.2 Å². The van der Waals surface area contributed by atoms with Crippen molar-refractivity contribution in [2.45, 2.75) is 32.9 Å². The van der Waals surface area contributed by atoms with E-state index in [0.717, 1.165) is 30.8 Å². The third kappa shape index (κ3) is 7.04. The Hall–Kier alpha value is -1.92. The van der Waals surface area contributed by atoms with E-state index in [1.54, 1.807) is 12.1 Å². The van der Waals surface area contributed by atoms with E-state index in [1.165, 1.54) is 0 Å². The number of halogens is 2. The van der Waals surface area contributed by atoms with Crippen molar-refractivity contribution < 1.29 is 14.3 Å². The van der Waals surface area contributed by atoms with Crippen molar-refractivity contribution in [3.05, 3.63) is 69.2 Å². The quantitative estimate of drug-likeness (QED) is 0.590. The van der Waals surface area contributed by atoms with Crippen molar-refractivity contribution in [2.24, 2.45) is 5.92 Å². The van der Waals surface area contributed by atoms with Gasteiger partial charge in [-0.05, 0) is 23.3 Å². The maximum Gasteiger partial charge on any atom is 0.224 e. The van der Waals surface area contributed by atoms with Gasteiger partial charge in [-0.2, -0.15) is 0 Å². The van der Waals surface area contributed by atoms with Crippen LogP contribution in [0, 0.1) is 5.92 Å². The van der Waals surface area contributed by atoms with Gasteiger partial charge in [-0.15, -0.1) is 0 Å². The fourth-order valence-electron chi connectivity index (χ4n) is 3.54. The summed E-state index contributed by atoms with van der Waals surface area (Å²) in [5, 5.41) is 4.07. The van der Waals surface area contributed by atoms with Crippen LogP contribution < -0.4 is 5.32 Å². The molecule has 5 nitrogen and oxygen atoms in total. The summed E-state index contributed by atoms with van der Waals surface area (Å²) >= 11 is 12.1. The topological polar surface area (TPSA) is 58.6 Å². The highest BCUT2D eigenvalue weighted by Gasteiger charge is 2.21. The molecule has 7 heteroatoms. The maximum atomic E-state index is 12.3. The Morgan fingerprint density at radius 1 is 1.10 bits per heavy atom. The van der Waals surface area contributed by atoms with Gasteiger partial charge in [0.15, 0.2) is 5.78 Å². The van der Waals surface area contributed by atoms with Gasteiger partial charge in [0.1, 0.15) is 0 Å². The Balaban J connectivity index is 1.45. The van der Waals surface area contributed by atoms with Crippen molar-refractivity contribution in [2.75, 3.05) is 26.2 Å². The first-order valence-electron chi connectivity index (χ1n) is 10.5. The molecule has 0 saturated carbocycles. The Morgan fingerprint density at radius 3 is 2.48 bits per heavy atom. The predicted molar refractivity (Wildman–Crippen MR) is 124 cm³/mol. The lowest BCUT2D eigenvalue weighted by molar-refractivity contribution is -0.121. The van der Waals surface area contributed by atoms with Crippen LogP contribution in [0.4, 0.5) is 0 Å². The summed E-state index contributed by atoms with van der Waals surface area (Å²) in [6.07, 6.45) is 0.210. The van der Waals surface area contributed by atoms with Gasteiger partial charge in [-0.1, -0.05) is 67.4 Å². The molecule has 1 unspecified atom stereocenters. The van der Waals surface area contributed by atoms with Crippen LogP contribution >= 0.6 is 23.2 Å². The average molecular weight is 463 g/mol. The smallest absolute Gasteiger partial charge is 0.224 e. The van der Waals surface area contributed by atoms with E-state index in [9.17, 15) is 9.59 Å². The number of ketones is 1. The number of hydrogen-bond acceptors (Lipinski definition) is 4. The second kappa shape index (κ2) is 11.1. The number of carbonyl (C=O) groups is 2. The van der Waals surface area contributed by atoms with Gasteiger partial charge >= 0.3 is 0 Å². The third-order valence-electron chi connectivity index (χ3n) is 5.27. The molecule has 2 aromatic carbocycles. The molecular weight excluding hydrogens is 435 g/mol. The number of hydrogen-bond donors (Lipinski definition) is 1. The first-order valence-corrected chi connectivity index (χ1v) is 11.2. The maximum absolute atomic E-state index is 12.3. The molecule has 1 saturated heterocycles. The normalized spacial score (nSPS) is 17.0. The SMILES string of the molecule is CC(C)C(=O)c1ccc(CC(=O)NCC2CN(Cc3ccc(Cl)c(Cl)c3)CCO2)cc1. The minimum atomic E-state index is -0.0634. The standard InChI is InChI=1S/C24H28Cl2N2O3/c1-16(2)24(30)19-6-3-17(4-7-19)12-23(29)27-13-20-15-28(9-10-31-20)14-18-5-8-21(25)22(26)11-18/h3-8,11,16,20H,9-10,12-15H2,1-2H3,(H,27,29). The van der Waals surface area contributed by atoms with Crippen LogP contribution in [0.3, 0.4) is 0 Å². The van der Waals surface area contributed by atoms with Gasteiger partial charge in [0, 0.05) is 37.7 Å². The summed E-state index contributed by atoms with van der Waals surface area (Å²) < 4.78 is 5.81. The van der Waals surface area contributed by atoms with E-state index in [0.29, 0.717) is 28.8 Å². The minimum absolute atomic E-state index is 0.0408. The van der Waals surface area contributed by atoms with Gasteiger partial charge in [-0.25, -0.2) is 0 Å². The molecular formula is C24H28Cl2N2O3. The molecule has 166 valence electrons. The zero-order valence-electron chi connectivity index (χ0n) is 17.9. The number of nitrogens with zero attached hydrogens (tertiary/aromatic N) is 1. The van der Waals surface area contributed by atoms with E-state index >= 15 is 0 Å². The van der Waals surface area contributed by atoms with Crippen LogP contribution in [-0.2, 0) is 22.5 Å². The summed E-state index contributed by atoms with van der Waals surface area (Å²) in [5.41, 5.74) is 2.65. The molecule has 0 aliphatic carbocycles. The minimum Gasteiger partial charge on any atom is -0.374 e. The highest BCUT2D eigenvalue weighted by Crippen LogP contribution is 2.23. The van der Waals surface area contributed by atoms with Gasteiger partial charge in [0.25, 0.3) is 0 Å². The molecule has 0 radical (unpaired) electrons. The van der Waals surface area contributed by atoms with Gasteiger partial charge < -0.3 is 10.1 Å². The van der Waals surface area contributed by atoms with Crippen LogP contribution in [0.15, 0.2) is 42.5 Å². The molecule has 0 aromatic heterocycles. The Labute approximate surface area is 193 Å². The Kier molecular flexibility index (Phi) is 8.50. The number of rotatable bonds is 8. The number of nitrogens with one attached hydrogen (secondary N) is 1. The molecule has 31 heavy (non-hydrogen) atoms. The van der Waals surface area contributed by atoms with Gasteiger partial charge in [0.05, 0.1) is 29.2 Å². The van der Waals surface area contributed by atoms with Crippen LogP contribution in [0.1, 0.15) is 35.3 Å². The lowest BCUT2D eigenvalue weighted by Gasteiger charge is -2.33. The van der Waals surface area contributed by atoms with Crippen LogP contribution in [0.5, 0.6) is 0 Å². The first kappa shape index (κ1) is 23.7. The zero-order chi connectivity index (χ0) is 22.4. The number of amides is 1. The molecule has 0 spiro atoms. The number of carbonyl (C=O) groups excluding carboxylic acids is 2. The molecule has 0 bridgehead atoms. The number of benzene rings is 2. The monoisotopic (exact) mass is 462 g/mol. The zero-order valence-corrected chi connectivity index (χ0v) is 19.4. The largest absolute Gasteiger partial charge is 0.374 e. The first-order chi connectivity index (χ1) is 14.8. The fraction of sp³-hybridized carbons (Fsp3) is 0.417. The summed E-state index contributed by atoms with van der Waals surface area (Å²) in [6.45, 7) is 7.14. The van der Waals surface area contributed by atoms with Crippen molar-refractivity contribution in [1.29, 1.82) is 0 Å². The summed E-state index contributed by atoms with van der Waals surface area (Å²) in [5.74, 6) is 0.00454. The third-order valence-corrected chi connectivity index (χ3v) is 6.01. The van der Waals surface area contributed by atoms with E-state index in [1.807, 2.05) is 44.2 Å². The summed E-state index contributed by atoms with van der Waals surface area (Å²) in [6, 6.07) is 12.9. The predicted octanol–water partition coefficient (Wildman–Crippen LogP) is 4.39. The lowest BCUT2D eigenvalue weighted by atomic mass is 9.99. The van der Waals surface area contributed by atoms with Crippen molar-refractivity contribution in [3.63, 3.8) is 0 Å². The number of morpholine rings is 1. The van der Waals surface area contributed by atoms with Gasteiger partial charge in [0.2, 0.25) is 5.91 Å². The molecule has 1 amide bonds. The summed E-state index contributed by atoms with van der Waals surface area (Å²) in [4.78, 5) is 26.7. The van der Waals surface area contributed by atoms with E-state index in [4.69, 9.17) is 27.9 Å². The van der Waals surface area contributed by atoms with Crippen LogP contribution in [0.2, 0.25) is 10.0 Å². The molecule has 1 N–H and O–H groups in total. The Bertz CT molecular complexity index is 916. The van der Waals surface area contributed by atoms with Crippen LogP contribution in [0.25, 0.3) is 0 Å². The molecule has 2 aromatic rings. The molecule has 1 fully saturated rings. The second-order valence-electron chi connectivity index (χ2n) is 8.17. The lowest BCUT2D eigenvalue weighted by Crippen LogP contribution is -2.47. The molecule has 1 aliphatic rings. The van der Waals surface area contributed by atoms with Crippen molar-refractivity contribution >= 4 is 34.9 Å². The van der Waals surface area contributed by atoms with E-state index < -0.39 is 0 Å². The number of Topliss-reactive ketones (excluding diaryl/α,β-unsaturated/α-hetero) is 1. The highest BCUT2D eigenvalue weighted by atomic mass is 35.5. The molecule has 1 heterocycles. The van der Waals surface area contributed by atoms with Crippen LogP contribution in [-0.4, -0.2) is 48.9 Å². The number of ether oxygens (including phenoxy) is 1.